The van der Waals surface area contributed by atoms with Gasteiger partial charge in [0.25, 0.3) is 0 Å². The Morgan fingerprint density at radius 1 is 1.16 bits per heavy atom. The number of benzene rings is 2. The van der Waals surface area contributed by atoms with Crippen LogP contribution in [0.4, 0.5) is 5.69 Å². The number of nitro groups is 1. The minimum atomic E-state index is -0.576. The largest absolute Gasteiger partial charge is 0.502 e. The van der Waals surface area contributed by atoms with Crippen LogP contribution >= 0.6 is 11.3 Å². The van der Waals surface area contributed by atoms with Gasteiger partial charge < -0.3 is 5.11 Å². The summed E-state index contributed by atoms with van der Waals surface area (Å²) in [4.78, 5) is 10.3. The lowest BCUT2D eigenvalue weighted by molar-refractivity contribution is -0.385. The van der Waals surface area contributed by atoms with Crippen LogP contribution in [0.15, 0.2) is 47.8 Å². The highest BCUT2D eigenvalue weighted by Crippen LogP contribution is 2.37. The van der Waals surface area contributed by atoms with Gasteiger partial charge in [0.05, 0.1) is 4.92 Å². The Hall–Kier alpha value is -2.40. The minimum Gasteiger partial charge on any atom is -0.502 e. The van der Waals surface area contributed by atoms with Crippen LogP contribution in [0.3, 0.4) is 0 Å². The van der Waals surface area contributed by atoms with E-state index in [-0.39, 0.29) is 11.4 Å². The smallest absolute Gasteiger partial charge is 0.311 e. The van der Waals surface area contributed by atoms with E-state index < -0.39 is 4.92 Å². The summed E-state index contributed by atoms with van der Waals surface area (Å²) in [5.41, 5.74) is 1.42. The Kier molecular flexibility index (Phi) is 2.68. The second-order valence-electron chi connectivity index (χ2n) is 4.11. The van der Waals surface area contributed by atoms with Gasteiger partial charge in [-0.2, -0.15) is 0 Å². The summed E-state index contributed by atoms with van der Waals surface area (Å²) in [6, 6.07) is 12.4. The Bertz CT molecular complexity index is 779. The number of nitrogens with zero attached hydrogens (tertiary/aromatic N) is 1. The van der Waals surface area contributed by atoms with Gasteiger partial charge in [0.1, 0.15) is 0 Å². The zero-order valence-electron chi connectivity index (χ0n) is 9.74. The maximum Gasteiger partial charge on any atom is 0.311 e. The average Bonchev–Trinajstić information content (AvgIpc) is 2.83. The van der Waals surface area contributed by atoms with Gasteiger partial charge in [-0.15, -0.1) is 11.3 Å². The third-order valence-corrected chi connectivity index (χ3v) is 3.93. The van der Waals surface area contributed by atoms with Crippen LogP contribution in [0.2, 0.25) is 0 Å². The molecule has 0 atom stereocenters. The maximum absolute atomic E-state index is 10.9. The molecule has 0 fully saturated rings. The van der Waals surface area contributed by atoms with Crippen molar-refractivity contribution >= 4 is 27.1 Å². The normalized spacial score (nSPS) is 10.7. The zero-order chi connectivity index (χ0) is 13.4. The molecule has 5 heteroatoms. The summed E-state index contributed by atoms with van der Waals surface area (Å²) in [7, 11) is 0. The summed E-state index contributed by atoms with van der Waals surface area (Å²) in [5, 5.41) is 23.4. The fourth-order valence-electron chi connectivity index (χ4n) is 2.04. The molecular weight excluding hydrogens is 262 g/mol. The lowest BCUT2D eigenvalue weighted by atomic mass is 10.0. The van der Waals surface area contributed by atoms with E-state index in [1.807, 2.05) is 29.6 Å². The van der Waals surface area contributed by atoms with E-state index in [4.69, 9.17) is 0 Å². The summed E-state index contributed by atoms with van der Waals surface area (Å²) >= 11 is 1.59. The van der Waals surface area contributed by atoms with E-state index in [1.165, 1.54) is 12.1 Å². The molecule has 0 bridgehead atoms. The molecule has 0 radical (unpaired) electrons. The molecule has 1 heterocycles. The lowest BCUT2D eigenvalue weighted by Crippen LogP contribution is -1.89. The van der Waals surface area contributed by atoms with Gasteiger partial charge in [0, 0.05) is 21.7 Å². The second-order valence-corrected chi connectivity index (χ2v) is 5.02. The molecule has 0 aliphatic carbocycles. The molecule has 0 amide bonds. The van der Waals surface area contributed by atoms with Gasteiger partial charge in [0.15, 0.2) is 5.75 Å². The SMILES string of the molecule is O=[N+]([O-])c1cc(-c2csc3ccccc23)ccc1O. The third kappa shape index (κ3) is 1.94. The van der Waals surface area contributed by atoms with Crippen LogP contribution in [0.5, 0.6) is 5.75 Å². The molecule has 1 N–H and O–H groups in total. The summed E-state index contributed by atoms with van der Waals surface area (Å²) in [6.45, 7) is 0. The molecule has 2 aromatic carbocycles. The summed E-state index contributed by atoms with van der Waals surface area (Å²) in [5.74, 6) is -0.312. The molecule has 4 nitrogen and oxygen atoms in total. The number of hydrogen-bond donors (Lipinski definition) is 1. The number of thiophene rings is 1. The minimum absolute atomic E-state index is 0.271. The van der Waals surface area contributed by atoms with Gasteiger partial charge in [-0.3, -0.25) is 10.1 Å². The molecule has 0 aliphatic heterocycles. The van der Waals surface area contributed by atoms with Crippen LogP contribution in [0.25, 0.3) is 21.2 Å². The Morgan fingerprint density at radius 2 is 1.95 bits per heavy atom. The maximum atomic E-state index is 10.9. The van der Waals surface area contributed by atoms with Crippen LogP contribution < -0.4 is 0 Å². The number of rotatable bonds is 2. The van der Waals surface area contributed by atoms with Crippen LogP contribution in [-0.2, 0) is 0 Å². The quantitative estimate of drug-likeness (QED) is 0.561. The van der Waals surface area contributed by atoms with Crippen molar-refractivity contribution in [3.05, 3.63) is 58.0 Å². The number of aromatic hydroxyl groups is 1. The van der Waals surface area contributed by atoms with Gasteiger partial charge in [-0.25, -0.2) is 0 Å². The van der Waals surface area contributed by atoms with Crippen LogP contribution in [0.1, 0.15) is 0 Å². The summed E-state index contributed by atoms with van der Waals surface area (Å²) < 4.78 is 1.13. The van der Waals surface area contributed by atoms with Crippen molar-refractivity contribution in [1.29, 1.82) is 0 Å². The fraction of sp³-hybridized carbons (Fsp3) is 0. The fourth-order valence-corrected chi connectivity index (χ4v) is 3.01. The van der Waals surface area contributed by atoms with Gasteiger partial charge in [-0.1, -0.05) is 24.3 Å². The van der Waals surface area contributed by atoms with Crippen molar-refractivity contribution in [1.82, 2.24) is 0 Å². The van der Waals surface area contributed by atoms with Crippen molar-refractivity contribution in [3.8, 4) is 16.9 Å². The van der Waals surface area contributed by atoms with E-state index >= 15 is 0 Å². The van der Waals surface area contributed by atoms with Crippen LogP contribution in [0, 0.1) is 10.1 Å². The predicted molar refractivity (Wildman–Crippen MR) is 75.6 cm³/mol. The topological polar surface area (TPSA) is 63.4 Å². The first-order chi connectivity index (χ1) is 9.16. The van der Waals surface area contributed by atoms with Gasteiger partial charge >= 0.3 is 5.69 Å². The summed E-state index contributed by atoms with van der Waals surface area (Å²) in [6.07, 6.45) is 0. The molecular formula is C14H9NO3S. The van der Waals surface area contributed by atoms with E-state index in [0.717, 1.165) is 21.2 Å². The molecule has 0 aliphatic rings. The number of phenolic OH excluding ortho intramolecular Hbond substituents is 1. The third-order valence-electron chi connectivity index (χ3n) is 2.96. The van der Waals surface area contributed by atoms with E-state index in [0.29, 0.717) is 0 Å². The molecule has 0 unspecified atom stereocenters. The number of fused-ring (bicyclic) bond motifs is 1. The number of phenols is 1. The second kappa shape index (κ2) is 4.37. The molecule has 94 valence electrons. The Labute approximate surface area is 112 Å². The molecule has 0 saturated carbocycles. The average molecular weight is 271 g/mol. The predicted octanol–water partition coefficient (Wildman–Crippen LogP) is 4.18. The molecule has 3 rings (SSSR count). The zero-order valence-corrected chi connectivity index (χ0v) is 10.6. The number of nitro benzene ring substituents is 1. The van der Waals surface area contributed by atoms with E-state index in [9.17, 15) is 15.2 Å². The highest BCUT2D eigenvalue weighted by molar-refractivity contribution is 7.17. The standard InChI is InChI=1S/C14H9NO3S/c16-13-6-5-9(7-12(13)15(17)18)11-8-19-14-4-2-1-3-10(11)14/h1-8,16H. The van der Waals surface area contributed by atoms with Crippen molar-refractivity contribution in [3.63, 3.8) is 0 Å². The van der Waals surface area contributed by atoms with E-state index in [2.05, 4.69) is 0 Å². The molecule has 3 aromatic rings. The van der Waals surface area contributed by atoms with Crippen molar-refractivity contribution in [2.24, 2.45) is 0 Å². The molecule has 19 heavy (non-hydrogen) atoms. The lowest BCUT2D eigenvalue weighted by Gasteiger charge is -2.01. The first-order valence-electron chi connectivity index (χ1n) is 5.61. The van der Waals surface area contributed by atoms with E-state index in [1.54, 1.807) is 17.4 Å². The highest BCUT2D eigenvalue weighted by atomic mass is 32.1. The Morgan fingerprint density at radius 3 is 2.74 bits per heavy atom. The first-order valence-corrected chi connectivity index (χ1v) is 6.49. The van der Waals surface area contributed by atoms with Gasteiger partial charge in [0.2, 0.25) is 0 Å². The van der Waals surface area contributed by atoms with Crippen molar-refractivity contribution in [2.45, 2.75) is 0 Å². The Balaban J connectivity index is 2.22. The number of hydrogen-bond acceptors (Lipinski definition) is 4. The first kappa shape index (κ1) is 11.7. The highest BCUT2D eigenvalue weighted by Gasteiger charge is 2.15. The molecule has 1 aromatic heterocycles. The van der Waals surface area contributed by atoms with Crippen LogP contribution in [-0.4, -0.2) is 10.0 Å². The van der Waals surface area contributed by atoms with Crippen molar-refractivity contribution < 1.29 is 10.0 Å². The molecule has 0 saturated heterocycles. The van der Waals surface area contributed by atoms with Crippen molar-refractivity contribution in [2.75, 3.05) is 0 Å². The van der Waals surface area contributed by atoms with Gasteiger partial charge in [-0.05, 0) is 23.1 Å². The molecule has 0 spiro atoms. The monoisotopic (exact) mass is 271 g/mol.